The van der Waals surface area contributed by atoms with Crippen molar-refractivity contribution in [3.8, 4) is 62.0 Å². The molecule has 3 atom stereocenters. The molecule has 3 unspecified atom stereocenters. The van der Waals surface area contributed by atoms with E-state index in [1.807, 2.05) is 23.9 Å². The van der Waals surface area contributed by atoms with E-state index in [4.69, 9.17) is 23.7 Å². The number of aryl methyl sites for hydroxylation is 1. The minimum atomic E-state index is -1.94. The summed E-state index contributed by atoms with van der Waals surface area (Å²) in [6.07, 6.45) is 4.18. The van der Waals surface area contributed by atoms with Gasteiger partial charge in [-0.2, -0.15) is 4.89 Å². The van der Waals surface area contributed by atoms with Gasteiger partial charge in [-0.25, -0.2) is 0 Å². The van der Waals surface area contributed by atoms with Crippen LogP contribution in [-0.2, 0) is 40.7 Å². The first kappa shape index (κ1) is 58.2. The monoisotopic (exact) mass is 1320 g/mol. The van der Waals surface area contributed by atoms with Gasteiger partial charge in [-0.05, 0) is 127 Å². The second kappa shape index (κ2) is 22.4. The number of hydrogen-bond acceptors (Lipinski definition) is 6. The highest BCUT2D eigenvalue weighted by Gasteiger charge is 2.82. The highest BCUT2D eigenvalue weighted by molar-refractivity contribution is 7.98. The first-order valence-electron chi connectivity index (χ1n) is 35.0. The Morgan fingerprint density at radius 3 is 1.86 bits per heavy atom. The third kappa shape index (κ3) is 8.23. The smallest absolute Gasteiger partial charge is 0.300 e. The lowest BCUT2D eigenvalue weighted by atomic mass is 9.50. The van der Waals surface area contributed by atoms with Gasteiger partial charge in [-0.1, -0.05) is 273 Å². The van der Waals surface area contributed by atoms with Crippen LogP contribution >= 0.6 is 11.8 Å². The summed E-state index contributed by atoms with van der Waals surface area (Å²) in [5.41, 5.74) is 15.4. The molecule has 0 spiro atoms. The molecule has 0 radical (unpaired) electrons. The Balaban J connectivity index is 1.01. The van der Waals surface area contributed by atoms with Crippen molar-refractivity contribution in [3.05, 3.63) is 360 Å². The number of H-pyrrole nitrogens is 2. The van der Waals surface area contributed by atoms with E-state index in [2.05, 4.69) is 313 Å². The van der Waals surface area contributed by atoms with E-state index in [-0.39, 0.29) is 6.42 Å². The summed E-state index contributed by atoms with van der Waals surface area (Å²) in [7, 11) is 0. The zero-order chi connectivity index (χ0) is 66.4. The average molecular weight is 1320 g/mol. The molecule has 7 nitrogen and oxygen atoms in total. The van der Waals surface area contributed by atoms with Crippen LogP contribution in [0.2, 0.25) is 0 Å². The van der Waals surface area contributed by atoms with Gasteiger partial charge in [0.15, 0.2) is 17.2 Å². The van der Waals surface area contributed by atoms with Crippen molar-refractivity contribution in [2.75, 3.05) is 0 Å². The first-order chi connectivity index (χ1) is 50.0. The van der Waals surface area contributed by atoms with Crippen LogP contribution in [0.15, 0.2) is 325 Å². The molecule has 101 heavy (non-hydrogen) atoms. The van der Waals surface area contributed by atoms with E-state index < -0.39 is 22.2 Å². The first-order valence-corrected chi connectivity index (χ1v) is 36.0. The Bertz CT molecular complexity index is 6150. The van der Waals surface area contributed by atoms with Gasteiger partial charge in [0.1, 0.15) is 16.8 Å². The minimum Gasteiger partial charge on any atom is -0.456 e. The van der Waals surface area contributed by atoms with Crippen LogP contribution in [-0.4, -0.2) is 21.4 Å². The molecule has 17 aromatic rings. The van der Waals surface area contributed by atoms with Gasteiger partial charge in [-0.3, -0.25) is 0 Å². The zero-order valence-electron chi connectivity index (χ0n) is 55.0. The van der Waals surface area contributed by atoms with Gasteiger partial charge < -0.3 is 28.7 Å². The molecular weight excluding hydrogens is 1260 g/mol. The molecule has 2 aliphatic heterocycles. The molecule has 0 saturated carbocycles. The number of furan rings is 1. The molecule has 21 rings (SSSR count). The minimum absolute atomic E-state index is 0.260. The van der Waals surface area contributed by atoms with Crippen molar-refractivity contribution in [1.29, 1.82) is 0 Å². The standard InChI is InChI=1S/C93H64N2O5S/c1-4-25-58(26-5-1)57-101-89-82(63-31-8-3-9-32-63)84(80-53-64-33-12-18-45-76(64)96-80)83-72(69-41-23-35-59-29-10-14-39-67(59)69)56-94-88(83)86(89)90(52-51-61-30-11-16-42-73(61)90)92(55-65-34-13-19-46-77(65)99-100-92)93(97-78-47-20-21-48-79(78)98-93)91(54-66-38-22-36-62-37-24-43-74(91)81(62)66)85-68(60-27-6-2-7-28-60)49-50-71-70-40-15-17-44-75(70)95-87(71)85/h1-50,53,56,94-95H,51-52,54-55,57H2. The van der Waals surface area contributed by atoms with Crippen molar-refractivity contribution < 1.29 is 23.7 Å². The molecule has 3 aromatic heterocycles. The summed E-state index contributed by atoms with van der Waals surface area (Å²) in [5, 5.41) is 8.80. The Hall–Kier alpha value is -11.8. The van der Waals surface area contributed by atoms with E-state index in [9.17, 15) is 0 Å². The molecule has 0 saturated heterocycles. The third-order valence-electron chi connectivity index (χ3n) is 22.7. The predicted molar refractivity (Wildman–Crippen MR) is 408 cm³/mol. The number of nitrogens with one attached hydrogen (secondary N) is 2. The molecule has 0 bridgehead atoms. The molecule has 8 heteroatoms. The number of para-hydroxylation sites is 5. The van der Waals surface area contributed by atoms with Crippen LogP contribution < -0.4 is 14.4 Å². The van der Waals surface area contributed by atoms with Crippen molar-refractivity contribution in [2.24, 2.45) is 0 Å². The number of thioether (sulfide) groups is 1. The lowest BCUT2D eigenvalue weighted by Crippen LogP contribution is -2.79. The molecule has 0 amide bonds. The fourth-order valence-corrected chi connectivity index (χ4v) is 20.0. The normalized spacial score (nSPS) is 18.6. The van der Waals surface area contributed by atoms with Crippen molar-refractivity contribution in [2.45, 2.75) is 58.5 Å². The molecule has 482 valence electrons. The van der Waals surface area contributed by atoms with E-state index in [1.54, 1.807) is 0 Å². The number of fused-ring (bicyclic) bond motifs is 9. The molecular formula is C93H64N2O5S. The Labute approximate surface area is 587 Å². The summed E-state index contributed by atoms with van der Waals surface area (Å²) in [6.45, 7) is 0. The number of aromatic nitrogens is 2. The molecule has 2 N–H and O–H groups in total. The van der Waals surface area contributed by atoms with Crippen LogP contribution in [0.3, 0.4) is 0 Å². The van der Waals surface area contributed by atoms with Gasteiger partial charge in [0.25, 0.3) is 0 Å². The molecule has 4 aliphatic rings. The van der Waals surface area contributed by atoms with Gasteiger partial charge in [-0.15, -0.1) is 11.8 Å². The maximum absolute atomic E-state index is 8.82. The second-order valence-corrected chi connectivity index (χ2v) is 28.7. The second-order valence-electron chi connectivity index (χ2n) is 27.7. The fourth-order valence-electron chi connectivity index (χ4n) is 18.7. The van der Waals surface area contributed by atoms with Crippen LogP contribution in [0.4, 0.5) is 0 Å². The zero-order valence-corrected chi connectivity index (χ0v) is 55.8. The quantitative estimate of drug-likeness (QED) is 0.0937. The van der Waals surface area contributed by atoms with Crippen molar-refractivity contribution >= 4 is 77.0 Å². The van der Waals surface area contributed by atoms with Gasteiger partial charge in [0.05, 0.1) is 16.4 Å². The van der Waals surface area contributed by atoms with Gasteiger partial charge in [0, 0.05) is 83.7 Å². The predicted octanol–water partition coefficient (Wildman–Crippen LogP) is 23.1. The Kier molecular flexibility index (Phi) is 12.9. The summed E-state index contributed by atoms with van der Waals surface area (Å²) < 4.78 is 25.1. The summed E-state index contributed by atoms with van der Waals surface area (Å²) in [6, 6.07) is 112. The number of ether oxygens (including phenoxy) is 2. The van der Waals surface area contributed by atoms with Crippen LogP contribution in [0.5, 0.6) is 17.2 Å². The average Bonchev–Trinajstić information content (AvgIpc) is 1.54. The number of rotatable bonds is 12. The van der Waals surface area contributed by atoms with E-state index in [0.717, 1.165) is 143 Å². The van der Waals surface area contributed by atoms with E-state index in [1.165, 1.54) is 16.7 Å². The van der Waals surface area contributed by atoms with Crippen LogP contribution in [0, 0.1) is 0 Å². The molecule has 5 heterocycles. The maximum atomic E-state index is 8.82. The lowest BCUT2D eigenvalue weighted by molar-refractivity contribution is -0.399. The fraction of sp³-hybridized carbons (Fsp3) is 0.0968. The maximum Gasteiger partial charge on any atom is 0.300 e. The van der Waals surface area contributed by atoms with Crippen molar-refractivity contribution in [1.82, 2.24) is 9.97 Å². The van der Waals surface area contributed by atoms with Gasteiger partial charge >= 0.3 is 5.79 Å². The topological polar surface area (TPSA) is 81.6 Å². The molecule has 0 fully saturated rings. The Morgan fingerprint density at radius 1 is 0.416 bits per heavy atom. The molecule has 2 aliphatic carbocycles. The largest absolute Gasteiger partial charge is 0.456 e. The Morgan fingerprint density at radius 2 is 1.05 bits per heavy atom. The SMILES string of the molecule is c1ccc(CSc2c(-c3ccccc3)c(-c3cc4ccccc4o3)c3c(-c4cccc5ccccc45)c[nH]c3c2C2(C3(C4(C5(c6c(-c7ccccc7)ccc7c6[nH]c6ccccc67)Cc6cccc7cccc5c67)Oc5ccccc5O4)Cc4ccccc4OO3)CCc3ccccc32)cc1. The number of benzene rings is 14. The summed E-state index contributed by atoms with van der Waals surface area (Å²) in [5.74, 6) is 1.28. The van der Waals surface area contributed by atoms with Crippen LogP contribution in [0.1, 0.15) is 50.9 Å². The highest BCUT2D eigenvalue weighted by atomic mass is 32.2. The number of aromatic amines is 2. The third-order valence-corrected chi connectivity index (χ3v) is 23.9. The van der Waals surface area contributed by atoms with Gasteiger partial charge in [0.2, 0.25) is 5.60 Å². The van der Waals surface area contributed by atoms with Crippen molar-refractivity contribution in [3.63, 3.8) is 0 Å². The van der Waals surface area contributed by atoms with Crippen LogP contribution in [0.25, 0.3) is 110 Å². The molecule has 14 aromatic carbocycles. The summed E-state index contributed by atoms with van der Waals surface area (Å²) in [4.78, 5) is 25.6. The number of hydrogen-bond donors (Lipinski definition) is 2. The highest BCUT2D eigenvalue weighted by Crippen LogP contribution is 2.72. The lowest BCUT2D eigenvalue weighted by Gasteiger charge is -2.61. The summed E-state index contributed by atoms with van der Waals surface area (Å²) >= 11 is 1.87. The van der Waals surface area contributed by atoms with E-state index in [0.29, 0.717) is 42.3 Å². The van der Waals surface area contributed by atoms with E-state index >= 15 is 0 Å².